The van der Waals surface area contributed by atoms with Crippen LogP contribution in [0, 0.1) is 5.92 Å². The standard InChI is InChI=1S/C15H21NO3/c1-11-10-16(9-8-14(11)17)15(18)12(2)19-13-6-4-3-5-7-13/h3-7,11-12,14,17H,8-10H2,1-2H3. The zero-order valence-electron chi connectivity index (χ0n) is 11.5. The van der Waals surface area contributed by atoms with Crippen molar-refractivity contribution in [2.75, 3.05) is 13.1 Å². The lowest BCUT2D eigenvalue weighted by atomic mass is 9.96. The van der Waals surface area contributed by atoms with Gasteiger partial charge in [-0.25, -0.2) is 0 Å². The number of likely N-dealkylation sites (tertiary alicyclic amines) is 1. The number of aliphatic hydroxyl groups is 1. The van der Waals surface area contributed by atoms with Crippen LogP contribution in [0.1, 0.15) is 20.3 Å². The molecule has 2 rings (SSSR count). The SMILES string of the molecule is CC(Oc1ccccc1)C(=O)N1CCC(O)C(C)C1. The number of hydrogen-bond acceptors (Lipinski definition) is 3. The minimum absolute atomic E-state index is 0.0115. The molecule has 4 heteroatoms. The van der Waals surface area contributed by atoms with Crippen LogP contribution < -0.4 is 4.74 Å². The molecule has 3 atom stereocenters. The van der Waals surface area contributed by atoms with Gasteiger partial charge in [0.2, 0.25) is 0 Å². The third-order valence-corrected chi connectivity index (χ3v) is 3.58. The van der Waals surface area contributed by atoms with E-state index in [-0.39, 0.29) is 17.9 Å². The lowest BCUT2D eigenvalue weighted by molar-refractivity contribution is -0.141. The molecule has 1 N–H and O–H groups in total. The maximum Gasteiger partial charge on any atom is 0.263 e. The van der Waals surface area contributed by atoms with Gasteiger partial charge in [-0.2, -0.15) is 0 Å². The summed E-state index contributed by atoms with van der Waals surface area (Å²) in [5.41, 5.74) is 0. The second kappa shape index (κ2) is 6.06. The number of amides is 1. The highest BCUT2D eigenvalue weighted by atomic mass is 16.5. The van der Waals surface area contributed by atoms with Crippen molar-refractivity contribution in [3.05, 3.63) is 30.3 Å². The first-order valence-corrected chi connectivity index (χ1v) is 6.76. The Kier molecular flexibility index (Phi) is 4.43. The maximum absolute atomic E-state index is 12.3. The predicted molar refractivity (Wildman–Crippen MR) is 72.9 cm³/mol. The molecule has 0 aliphatic carbocycles. The second-order valence-corrected chi connectivity index (χ2v) is 5.19. The van der Waals surface area contributed by atoms with Crippen molar-refractivity contribution >= 4 is 5.91 Å². The molecule has 1 aliphatic rings. The number of piperidine rings is 1. The molecular formula is C15H21NO3. The van der Waals surface area contributed by atoms with Gasteiger partial charge < -0.3 is 14.7 Å². The molecule has 0 saturated carbocycles. The van der Waals surface area contributed by atoms with E-state index in [4.69, 9.17) is 4.74 Å². The molecule has 1 fully saturated rings. The van der Waals surface area contributed by atoms with Crippen molar-refractivity contribution in [3.63, 3.8) is 0 Å². The van der Waals surface area contributed by atoms with Crippen molar-refractivity contribution in [1.29, 1.82) is 0 Å². The Bertz CT molecular complexity index is 421. The summed E-state index contributed by atoms with van der Waals surface area (Å²) in [5, 5.41) is 9.68. The van der Waals surface area contributed by atoms with Crippen LogP contribution in [0.4, 0.5) is 0 Å². The average molecular weight is 263 g/mol. The summed E-state index contributed by atoms with van der Waals surface area (Å²) in [6, 6.07) is 9.35. The van der Waals surface area contributed by atoms with Gasteiger partial charge in [0.1, 0.15) is 5.75 Å². The number of para-hydroxylation sites is 1. The fraction of sp³-hybridized carbons (Fsp3) is 0.533. The molecule has 0 aromatic heterocycles. The molecule has 1 saturated heterocycles. The van der Waals surface area contributed by atoms with Crippen LogP contribution >= 0.6 is 0 Å². The Morgan fingerprint density at radius 3 is 2.74 bits per heavy atom. The molecule has 0 spiro atoms. The number of benzene rings is 1. The molecule has 4 nitrogen and oxygen atoms in total. The van der Waals surface area contributed by atoms with Gasteiger partial charge in [-0.3, -0.25) is 4.79 Å². The summed E-state index contributed by atoms with van der Waals surface area (Å²) in [6.07, 6.45) is -0.149. The summed E-state index contributed by atoms with van der Waals surface area (Å²) >= 11 is 0. The van der Waals surface area contributed by atoms with Crippen LogP contribution in [0.3, 0.4) is 0 Å². The van der Waals surface area contributed by atoms with Crippen LogP contribution in [0.15, 0.2) is 30.3 Å². The van der Waals surface area contributed by atoms with Gasteiger partial charge in [-0.1, -0.05) is 25.1 Å². The number of carbonyl (C=O) groups excluding carboxylic acids is 1. The monoisotopic (exact) mass is 263 g/mol. The summed E-state index contributed by atoms with van der Waals surface area (Å²) in [4.78, 5) is 14.1. The number of hydrogen-bond donors (Lipinski definition) is 1. The van der Waals surface area contributed by atoms with E-state index in [1.54, 1.807) is 11.8 Å². The highest BCUT2D eigenvalue weighted by Gasteiger charge is 2.30. The van der Waals surface area contributed by atoms with E-state index in [1.807, 2.05) is 37.3 Å². The molecule has 19 heavy (non-hydrogen) atoms. The topological polar surface area (TPSA) is 49.8 Å². The highest BCUT2D eigenvalue weighted by Crippen LogP contribution is 2.18. The number of rotatable bonds is 3. The van der Waals surface area contributed by atoms with E-state index in [2.05, 4.69) is 0 Å². The van der Waals surface area contributed by atoms with Crippen LogP contribution in [-0.2, 0) is 4.79 Å². The van der Waals surface area contributed by atoms with Crippen LogP contribution in [0.25, 0.3) is 0 Å². The Morgan fingerprint density at radius 1 is 1.42 bits per heavy atom. The first-order valence-electron chi connectivity index (χ1n) is 6.76. The third-order valence-electron chi connectivity index (χ3n) is 3.58. The quantitative estimate of drug-likeness (QED) is 0.902. The largest absolute Gasteiger partial charge is 0.481 e. The van der Waals surface area contributed by atoms with Gasteiger partial charge in [0, 0.05) is 13.1 Å². The van der Waals surface area contributed by atoms with E-state index >= 15 is 0 Å². The zero-order valence-corrected chi connectivity index (χ0v) is 11.5. The minimum Gasteiger partial charge on any atom is -0.481 e. The fourth-order valence-corrected chi connectivity index (χ4v) is 2.34. The molecule has 1 heterocycles. The van der Waals surface area contributed by atoms with Crippen molar-refractivity contribution in [3.8, 4) is 5.75 Å². The Hall–Kier alpha value is -1.55. The number of carbonyl (C=O) groups is 1. The Morgan fingerprint density at radius 2 is 2.11 bits per heavy atom. The number of nitrogens with zero attached hydrogens (tertiary/aromatic N) is 1. The van der Waals surface area contributed by atoms with E-state index in [1.165, 1.54) is 0 Å². The second-order valence-electron chi connectivity index (χ2n) is 5.19. The Balaban J connectivity index is 1.92. The molecule has 1 aromatic carbocycles. The van der Waals surface area contributed by atoms with E-state index < -0.39 is 6.10 Å². The zero-order chi connectivity index (χ0) is 13.8. The fourth-order valence-electron chi connectivity index (χ4n) is 2.34. The lowest BCUT2D eigenvalue weighted by Crippen LogP contribution is -2.49. The number of ether oxygens (including phenoxy) is 1. The Labute approximate surface area is 114 Å². The summed E-state index contributed by atoms with van der Waals surface area (Å²) in [6.45, 7) is 4.94. The maximum atomic E-state index is 12.3. The van der Waals surface area contributed by atoms with E-state index in [0.29, 0.717) is 25.3 Å². The van der Waals surface area contributed by atoms with Gasteiger partial charge in [0.25, 0.3) is 5.91 Å². The first kappa shape index (κ1) is 13.9. The molecule has 1 aromatic rings. The van der Waals surface area contributed by atoms with Gasteiger partial charge in [-0.05, 0) is 31.4 Å². The number of aliphatic hydroxyl groups excluding tert-OH is 1. The average Bonchev–Trinajstić information content (AvgIpc) is 2.42. The normalized spacial score (nSPS) is 24.9. The van der Waals surface area contributed by atoms with Crippen molar-refractivity contribution < 1.29 is 14.6 Å². The summed E-state index contributed by atoms with van der Waals surface area (Å²) in [5.74, 6) is 0.817. The smallest absolute Gasteiger partial charge is 0.263 e. The first-order chi connectivity index (χ1) is 9.08. The molecule has 0 radical (unpaired) electrons. The molecule has 3 unspecified atom stereocenters. The highest BCUT2D eigenvalue weighted by molar-refractivity contribution is 5.81. The van der Waals surface area contributed by atoms with Crippen molar-refractivity contribution in [2.45, 2.75) is 32.5 Å². The minimum atomic E-state index is -0.496. The summed E-state index contributed by atoms with van der Waals surface area (Å²) < 4.78 is 5.64. The van der Waals surface area contributed by atoms with Crippen molar-refractivity contribution in [1.82, 2.24) is 4.90 Å². The molecular weight excluding hydrogens is 242 g/mol. The van der Waals surface area contributed by atoms with Crippen molar-refractivity contribution in [2.24, 2.45) is 5.92 Å². The van der Waals surface area contributed by atoms with E-state index in [9.17, 15) is 9.90 Å². The van der Waals surface area contributed by atoms with Crippen LogP contribution in [0.2, 0.25) is 0 Å². The molecule has 1 amide bonds. The van der Waals surface area contributed by atoms with Gasteiger partial charge in [0.15, 0.2) is 6.10 Å². The van der Waals surface area contributed by atoms with Crippen LogP contribution in [-0.4, -0.2) is 41.2 Å². The molecule has 0 bridgehead atoms. The molecule has 104 valence electrons. The van der Waals surface area contributed by atoms with Gasteiger partial charge in [0.05, 0.1) is 6.10 Å². The lowest BCUT2D eigenvalue weighted by Gasteiger charge is -2.35. The third kappa shape index (κ3) is 3.47. The summed E-state index contributed by atoms with van der Waals surface area (Å²) in [7, 11) is 0. The van der Waals surface area contributed by atoms with Gasteiger partial charge in [-0.15, -0.1) is 0 Å². The molecule has 1 aliphatic heterocycles. The van der Waals surface area contributed by atoms with Gasteiger partial charge >= 0.3 is 0 Å². The predicted octanol–water partition coefficient (Wildman–Crippen LogP) is 1.68. The van der Waals surface area contributed by atoms with E-state index in [0.717, 1.165) is 0 Å². The van der Waals surface area contributed by atoms with Crippen LogP contribution in [0.5, 0.6) is 5.75 Å².